The fourth-order valence-electron chi connectivity index (χ4n) is 4.63. The average molecular weight is 533 g/mol. The molecule has 0 radical (unpaired) electrons. The Morgan fingerprint density at radius 2 is 1.82 bits per heavy atom. The topological polar surface area (TPSA) is 91.9 Å². The number of nitrogens with zero attached hydrogens (tertiary/aromatic N) is 4. The number of nitro groups is 1. The molecule has 38 heavy (non-hydrogen) atoms. The van der Waals surface area contributed by atoms with Crippen molar-refractivity contribution in [3.63, 3.8) is 0 Å². The number of anilines is 1. The zero-order valence-electron chi connectivity index (χ0n) is 20.7. The van der Waals surface area contributed by atoms with Crippen LogP contribution in [0.2, 0.25) is 0 Å². The summed E-state index contributed by atoms with van der Waals surface area (Å²) in [6, 6.07) is 13.1. The van der Waals surface area contributed by atoms with Gasteiger partial charge in [0.15, 0.2) is 5.60 Å². The number of fused-ring (bicyclic) bond motifs is 1. The van der Waals surface area contributed by atoms with Crippen LogP contribution in [0.25, 0.3) is 0 Å². The van der Waals surface area contributed by atoms with E-state index in [9.17, 15) is 23.3 Å². The fourth-order valence-corrected chi connectivity index (χ4v) is 4.63. The Balaban J connectivity index is 1.06. The van der Waals surface area contributed by atoms with Gasteiger partial charge in [-0.1, -0.05) is 12.1 Å². The highest BCUT2D eigenvalue weighted by molar-refractivity contribution is 5.49. The highest BCUT2D eigenvalue weighted by Gasteiger charge is 2.41. The van der Waals surface area contributed by atoms with Gasteiger partial charge in [-0.05, 0) is 66.7 Å². The highest BCUT2D eigenvalue weighted by Crippen LogP contribution is 2.32. The lowest BCUT2D eigenvalue weighted by molar-refractivity contribution is -0.389. The van der Waals surface area contributed by atoms with Crippen molar-refractivity contribution in [2.75, 3.05) is 24.6 Å². The van der Waals surface area contributed by atoms with Gasteiger partial charge in [-0.3, -0.25) is 4.57 Å². The lowest BCUT2D eigenvalue weighted by Crippen LogP contribution is -2.38. The monoisotopic (exact) mass is 532 g/mol. The van der Waals surface area contributed by atoms with Gasteiger partial charge in [0.1, 0.15) is 18.6 Å². The Hall–Kier alpha value is -3.80. The van der Waals surface area contributed by atoms with E-state index in [2.05, 4.69) is 9.88 Å². The van der Waals surface area contributed by atoms with Crippen LogP contribution in [-0.4, -0.2) is 45.9 Å². The predicted molar refractivity (Wildman–Crippen MR) is 131 cm³/mol. The maximum absolute atomic E-state index is 12.7. The number of ether oxygens (including phenoxy) is 3. The van der Waals surface area contributed by atoms with Gasteiger partial charge in [-0.15, -0.1) is 0 Å². The summed E-state index contributed by atoms with van der Waals surface area (Å²) in [5, 5.41) is 10.9. The molecule has 1 saturated heterocycles. The first-order chi connectivity index (χ1) is 18.1. The van der Waals surface area contributed by atoms with E-state index in [1.807, 2.05) is 31.2 Å². The van der Waals surface area contributed by atoms with Crippen molar-refractivity contribution in [3.8, 4) is 11.8 Å². The first-order valence-electron chi connectivity index (χ1n) is 12.2. The van der Waals surface area contributed by atoms with E-state index in [4.69, 9.17) is 14.2 Å². The van der Waals surface area contributed by atoms with E-state index in [-0.39, 0.29) is 31.1 Å². The molecule has 0 bridgehead atoms. The predicted octanol–water partition coefficient (Wildman–Crippen LogP) is 5.23. The summed E-state index contributed by atoms with van der Waals surface area (Å²) in [5.74, 6) is 0.442. The first-order valence-corrected chi connectivity index (χ1v) is 12.2. The van der Waals surface area contributed by atoms with E-state index in [0.29, 0.717) is 12.3 Å². The molecule has 0 saturated carbocycles. The number of halogens is 3. The molecule has 5 rings (SSSR count). The van der Waals surface area contributed by atoms with Crippen molar-refractivity contribution < 1.29 is 32.3 Å². The second kappa shape index (κ2) is 10.2. The van der Waals surface area contributed by atoms with Crippen molar-refractivity contribution in [2.24, 2.45) is 0 Å². The number of rotatable bonds is 8. The molecular formula is C26H27F3N4O5. The summed E-state index contributed by atoms with van der Waals surface area (Å²) >= 11 is 0. The Kier molecular flexibility index (Phi) is 6.91. The van der Waals surface area contributed by atoms with Crippen LogP contribution in [-0.2, 0) is 24.1 Å². The molecular weight excluding hydrogens is 505 g/mol. The standard InChI is InChI=1S/C26H27F3N4O5/c1-25(16-32-14-23(33(34)35)30-24(32)38-25)17-37-21-8-6-20(7-9-21)31-12-10-22(11-13-31)36-15-18-2-4-19(5-3-18)26(27,28)29/h2-9,14,22H,10-13,15-17H2,1H3. The van der Waals surface area contributed by atoms with Crippen LogP contribution in [0.1, 0.15) is 30.9 Å². The van der Waals surface area contributed by atoms with Crippen LogP contribution in [0.15, 0.2) is 54.7 Å². The Bertz CT molecular complexity index is 1250. The number of hydrogen-bond donors (Lipinski definition) is 0. The molecule has 0 spiro atoms. The lowest BCUT2D eigenvalue weighted by atomic mass is 10.1. The quantitative estimate of drug-likeness (QED) is 0.290. The van der Waals surface area contributed by atoms with Gasteiger partial charge in [0.25, 0.3) is 0 Å². The van der Waals surface area contributed by atoms with Gasteiger partial charge in [0, 0.05) is 23.8 Å². The minimum absolute atomic E-state index is 0.0550. The number of hydrogen-bond acceptors (Lipinski definition) is 7. The van der Waals surface area contributed by atoms with Crippen LogP contribution in [0.3, 0.4) is 0 Å². The third kappa shape index (κ3) is 5.85. The Morgan fingerprint density at radius 1 is 1.13 bits per heavy atom. The SMILES string of the molecule is CC1(COc2ccc(N3CCC(OCc4ccc(C(F)(F)F)cc4)CC3)cc2)Cn2cc([N+](=O)[O-])nc2O1. The maximum atomic E-state index is 12.7. The molecule has 202 valence electrons. The molecule has 2 aromatic carbocycles. The number of piperidine rings is 1. The fraction of sp³-hybridized carbons (Fsp3) is 0.423. The van der Waals surface area contributed by atoms with Crippen LogP contribution < -0.4 is 14.4 Å². The zero-order valence-corrected chi connectivity index (χ0v) is 20.7. The smallest absolute Gasteiger partial charge is 0.416 e. The van der Waals surface area contributed by atoms with Crippen LogP contribution in [0.4, 0.5) is 24.7 Å². The molecule has 2 aliphatic heterocycles. The second-order valence-electron chi connectivity index (χ2n) is 9.79. The van der Waals surface area contributed by atoms with E-state index in [1.165, 1.54) is 18.3 Å². The van der Waals surface area contributed by atoms with Gasteiger partial charge in [-0.25, -0.2) is 0 Å². The van der Waals surface area contributed by atoms with E-state index < -0.39 is 22.3 Å². The number of benzene rings is 2. The van der Waals surface area contributed by atoms with E-state index in [0.717, 1.165) is 49.3 Å². The first kappa shape index (κ1) is 25.8. The molecule has 12 heteroatoms. The molecule has 0 amide bonds. The highest BCUT2D eigenvalue weighted by atomic mass is 19.4. The van der Waals surface area contributed by atoms with Gasteiger partial charge in [0.2, 0.25) is 0 Å². The molecule has 1 fully saturated rings. The molecule has 0 aliphatic carbocycles. The molecule has 0 N–H and O–H groups in total. The second-order valence-corrected chi connectivity index (χ2v) is 9.79. The zero-order chi connectivity index (χ0) is 26.9. The molecule has 2 aliphatic rings. The summed E-state index contributed by atoms with van der Waals surface area (Å²) in [6.07, 6.45) is -1.28. The van der Waals surface area contributed by atoms with Gasteiger partial charge in [-0.2, -0.15) is 13.2 Å². The van der Waals surface area contributed by atoms with Crippen molar-refractivity contribution in [2.45, 2.75) is 50.8 Å². The lowest BCUT2D eigenvalue weighted by Gasteiger charge is -2.33. The van der Waals surface area contributed by atoms with E-state index in [1.54, 1.807) is 4.57 Å². The van der Waals surface area contributed by atoms with Crippen molar-refractivity contribution in [3.05, 3.63) is 76.0 Å². The Labute approximate surface area is 216 Å². The summed E-state index contributed by atoms with van der Waals surface area (Å²) in [4.78, 5) is 16.5. The molecule has 3 heterocycles. The van der Waals surface area contributed by atoms with Crippen LogP contribution >= 0.6 is 0 Å². The third-order valence-electron chi connectivity index (χ3n) is 6.71. The third-order valence-corrected chi connectivity index (χ3v) is 6.71. The molecule has 3 aromatic rings. The van der Waals surface area contributed by atoms with Crippen molar-refractivity contribution >= 4 is 11.5 Å². The van der Waals surface area contributed by atoms with Gasteiger partial charge >= 0.3 is 18.0 Å². The largest absolute Gasteiger partial charge is 0.489 e. The molecule has 9 nitrogen and oxygen atoms in total. The minimum atomic E-state index is -4.34. The molecule has 1 aromatic heterocycles. The van der Waals surface area contributed by atoms with Crippen LogP contribution in [0.5, 0.6) is 11.8 Å². The van der Waals surface area contributed by atoms with Crippen molar-refractivity contribution in [1.82, 2.24) is 9.55 Å². The van der Waals surface area contributed by atoms with Gasteiger partial charge < -0.3 is 29.2 Å². The average Bonchev–Trinajstić information content (AvgIpc) is 3.42. The number of alkyl halides is 3. The van der Waals surface area contributed by atoms with Crippen LogP contribution in [0, 0.1) is 10.1 Å². The number of aromatic nitrogens is 2. The summed E-state index contributed by atoms with van der Waals surface area (Å²) in [7, 11) is 0. The molecule has 1 atom stereocenters. The summed E-state index contributed by atoms with van der Waals surface area (Å²) in [5.41, 5.74) is 0.444. The normalized spacial score (nSPS) is 19.7. The molecule has 1 unspecified atom stereocenters. The Morgan fingerprint density at radius 3 is 2.42 bits per heavy atom. The minimum Gasteiger partial charge on any atom is -0.489 e. The summed E-state index contributed by atoms with van der Waals surface area (Å²) in [6.45, 7) is 4.42. The van der Waals surface area contributed by atoms with Crippen molar-refractivity contribution in [1.29, 1.82) is 0 Å². The number of imidazole rings is 1. The summed E-state index contributed by atoms with van der Waals surface area (Å²) < 4.78 is 57.4. The maximum Gasteiger partial charge on any atom is 0.416 e. The van der Waals surface area contributed by atoms with Gasteiger partial charge in [0.05, 0.1) is 24.8 Å². The van der Waals surface area contributed by atoms with E-state index >= 15 is 0 Å².